The lowest BCUT2D eigenvalue weighted by atomic mass is 9.60. The molecule has 2 fully saturated rings. The van der Waals surface area contributed by atoms with Gasteiger partial charge in [0, 0.05) is 5.92 Å². The standard InChI is InChI=1S/C10H15NO4/c1-4-5(2)10(3-6(12)11-10)9(15)8(14)7(4)13/h4-5,8-9,14-15H,3H2,1-2H3,(H,11,12)/t4-,5+,8-,9-,10?/m0/s1. The van der Waals surface area contributed by atoms with Gasteiger partial charge in [0.2, 0.25) is 5.91 Å². The minimum absolute atomic E-state index is 0.144. The predicted octanol–water partition coefficient (Wildman–Crippen LogP) is -1.18. The lowest BCUT2D eigenvalue weighted by Gasteiger charge is -2.55. The van der Waals surface area contributed by atoms with E-state index >= 15 is 0 Å². The molecule has 2 rings (SSSR count). The van der Waals surface area contributed by atoms with Gasteiger partial charge in [0.1, 0.15) is 12.2 Å². The highest BCUT2D eigenvalue weighted by Crippen LogP contribution is 2.42. The van der Waals surface area contributed by atoms with Crippen molar-refractivity contribution in [3.05, 3.63) is 0 Å². The Labute approximate surface area is 87.5 Å². The number of aliphatic hydroxyl groups excluding tert-OH is 2. The van der Waals surface area contributed by atoms with Crippen LogP contribution in [0.2, 0.25) is 0 Å². The summed E-state index contributed by atoms with van der Waals surface area (Å²) in [6.45, 7) is 3.53. The molecule has 0 radical (unpaired) electrons. The molecule has 1 aliphatic heterocycles. The number of ketones is 1. The highest BCUT2D eigenvalue weighted by Gasteiger charge is 2.61. The number of rotatable bonds is 0. The summed E-state index contributed by atoms with van der Waals surface area (Å²) in [6.07, 6.45) is -2.38. The van der Waals surface area contributed by atoms with Crippen molar-refractivity contribution in [2.75, 3.05) is 0 Å². The van der Waals surface area contributed by atoms with Gasteiger partial charge < -0.3 is 15.5 Å². The summed E-state index contributed by atoms with van der Waals surface area (Å²) in [5, 5.41) is 22.0. The number of Topliss-reactive ketones (excluding diaryl/α,β-unsaturated/α-hetero) is 1. The van der Waals surface area contributed by atoms with Crippen LogP contribution in [0.15, 0.2) is 0 Å². The van der Waals surface area contributed by atoms with Crippen LogP contribution in [-0.2, 0) is 9.59 Å². The predicted molar refractivity (Wildman–Crippen MR) is 50.8 cm³/mol. The molecule has 1 saturated carbocycles. The Bertz CT molecular complexity index is 299. The number of β-lactam (4-membered cyclic amide) rings is 1. The van der Waals surface area contributed by atoms with Crippen LogP contribution in [-0.4, -0.2) is 39.7 Å². The summed E-state index contributed by atoms with van der Waals surface area (Å²) < 4.78 is 0. The van der Waals surface area contributed by atoms with Gasteiger partial charge in [-0.2, -0.15) is 0 Å². The van der Waals surface area contributed by atoms with Gasteiger partial charge in [-0.25, -0.2) is 0 Å². The van der Waals surface area contributed by atoms with Gasteiger partial charge in [0.05, 0.1) is 12.0 Å². The molecule has 3 N–H and O–H groups in total. The van der Waals surface area contributed by atoms with E-state index in [1.165, 1.54) is 0 Å². The van der Waals surface area contributed by atoms with Crippen LogP contribution < -0.4 is 5.32 Å². The van der Waals surface area contributed by atoms with Crippen LogP contribution in [0.25, 0.3) is 0 Å². The van der Waals surface area contributed by atoms with E-state index in [9.17, 15) is 19.8 Å². The molecule has 1 amide bonds. The summed E-state index contributed by atoms with van der Waals surface area (Å²) in [5.74, 6) is -0.985. The maximum atomic E-state index is 11.5. The van der Waals surface area contributed by atoms with E-state index in [4.69, 9.17) is 0 Å². The molecule has 1 unspecified atom stereocenters. The van der Waals surface area contributed by atoms with Crippen LogP contribution in [0.4, 0.5) is 0 Å². The average molecular weight is 213 g/mol. The van der Waals surface area contributed by atoms with Crippen molar-refractivity contribution in [2.45, 2.75) is 38.0 Å². The molecule has 1 spiro atoms. The normalized spacial score (nSPS) is 50.1. The summed E-state index contributed by atoms with van der Waals surface area (Å²) in [4.78, 5) is 22.5. The molecular formula is C10H15NO4. The molecule has 0 bridgehead atoms. The molecule has 1 saturated heterocycles. The number of nitrogens with one attached hydrogen (secondary N) is 1. The van der Waals surface area contributed by atoms with E-state index in [0.29, 0.717) is 0 Å². The van der Waals surface area contributed by atoms with Crippen molar-refractivity contribution in [3.63, 3.8) is 0 Å². The fraction of sp³-hybridized carbons (Fsp3) is 0.800. The number of hydrogen-bond acceptors (Lipinski definition) is 4. The van der Waals surface area contributed by atoms with Gasteiger partial charge in [-0.1, -0.05) is 13.8 Å². The van der Waals surface area contributed by atoms with Gasteiger partial charge in [0.25, 0.3) is 0 Å². The Hall–Kier alpha value is -0.940. The van der Waals surface area contributed by atoms with Crippen molar-refractivity contribution in [2.24, 2.45) is 11.8 Å². The largest absolute Gasteiger partial charge is 0.387 e. The monoisotopic (exact) mass is 213 g/mol. The summed E-state index contributed by atoms with van der Waals surface area (Å²) in [6, 6.07) is 0. The Balaban J connectivity index is 2.31. The molecule has 1 heterocycles. The zero-order valence-corrected chi connectivity index (χ0v) is 8.73. The number of carbonyl (C=O) groups excluding carboxylic acids is 2. The molecule has 15 heavy (non-hydrogen) atoms. The van der Waals surface area contributed by atoms with Gasteiger partial charge >= 0.3 is 0 Å². The number of aliphatic hydroxyl groups is 2. The molecule has 0 aromatic rings. The number of carbonyl (C=O) groups is 2. The zero-order chi connectivity index (χ0) is 11.4. The summed E-state index contributed by atoms with van der Waals surface area (Å²) in [7, 11) is 0. The minimum atomic E-state index is -1.38. The van der Waals surface area contributed by atoms with Crippen LogP contribution in [0.3, 0.4) is 0 Å². The lowest BCUT2D eigenvalue weighted by molar-refractivity contribution is -0.174. The van der Waals surface area contributed by atoms with Gasteiger partial charge in [0.15, 0.2) is 5.78 Å². The van der Waals surface area contributed by atoms with E-state index in [1.807, 2.05) is 6.92 Å². The summed E-state index contributed by atoms with van der Waals surface area (Å²) >= 11 is 0. The molecule has 84 valence electrons. The van der Waals surface area contributed by atoms with E-state index < -0.39 is 17.7 Å². The van der Waals surface area contributed by atoms with Crippen LogP contribution >= 0.6 is 0 Å². The number of amides is 1. The second-order valence-electron chi connectivity index (χ2n) is 4.63. The van der Waals surface area contributed by atoms with E-state index in [1.54, 1.807) is 6.92 Å². The molecular weight excluding hydrogens is 198 g/mol. The van der Waals surface area contributed by atoms with Crippen molar-refractivity contribution in [1.29, 1.82) is 0 Å². The van der Waals surface area contributed by atoms with Gasteiger partial charge in [-0.05, 0) is 5.92 Å². The smallest absolute Gasteiger partial charge is 0.223 e. The van der Waals surface area contributed by atoms with Gasteiger partial charge in [-0.15, -0.1) is 0 Å². The van der Waals surface area contributed by atoms with E-state index in [-0.39, 0.29) is 29.9 Å². The molecule has 0 aromatic carbocycles. The Morgan fingerprint density at radius 3 is 2.33 bits per heavy atom. The topological polar surface area (TPSA) is 86.6 Å². The fourth-order valence-corrected chi connectivity index (χ4v) is 2.63. The van der Waals surface area contributed by atoms with E-state index in [2.05, 4.69) is 5.32 Å². The third-order valence-corrected chi connectivity index (χ3v) is 3.95. The van der Waals surface area contributed by atoms with Crippen molar-refractivity contribution in [1.82, 2.24) is 5.32 Å². The Kier molecular flexibility index (Phi) is 2.13. The molecule has 2 aliphatic rings. The summed E-state index contributed by atoms with van der Waals surface area (Å²) in [5.41, 5.74) is -0.802. The first-order chi connectivity index (χ1) is 6.90. The van der Waals surface area contributed by atoms with Crippen LogP contribution in [0.1, 0.15) is 20.3 Å². The van der Waals surface area contributed by atoms with E-state index in [0.717, 1.165) is 0 Å². The second kappa shape index (κ2) is 3.02. The molecule has 5 heteroatoms. The fourth-order valence-electron chi connectivity index (χ4n) is 2.63. The minimum Gasteiger partial charge on any atom is -0.387 e. The SMILES string of the molecule is C[C@@H]1C(=O)[C@H](O)[C@H](O)C2(CC(=O)N2)[C@@H]1C. The number of hydrogen-bond donors (Lipinski definition) is 3. The molecule has 1 aliphatic carbocycles. The molecule has 5 atom stereocenters. The average Bonchev–Trinajstić information content (AvgIpc) is 2.17. The Morgan fingerprint density at radius 2 is 1.87 bits per heavy atom. The maximum absolute atomic E-state index is 11.5. The lowest BCUT2D eigenvalue weighted by Crippen LogP contribution is -2.77. The zero-order valence-electron chi connectivity index (χ0n) is 8.73. The van der Waals surface area contributed by atoms with Crippen molar-refractivity contribution < 1.29 is 19.8 Å². The quantitative estimate of drug-likeness (QED) is 0.442. The highest BCUT2D eigenvalue weighted by molar-refractivity contribution is 5.91. The third kappa shape index (κ3) is 1.16. The third-order valence-electron chi connectivity index (χ3n) is 3.95. The Morgan fingerprint density at radius 1 is 1.33 bits per heavy atom. The molecule has 0 aromatic heterocycles. The van der Waals surface area contributed by atoms with Gasteiger partial charge in [-0.3, -0.25) is 9.59 Å². The second-order valence-corrected chi connectivity index (χ2v) is 4.63. The van der Waals surface area contributed by atoms with Crippen LogP contribution in [0, 0.1) is 11.8 Å². The highest BCUT2D eigenvalue weighted by atomic mass is 16.3. The molecule has 5 nitrogen and oxygen atoms in total. The van der Waals surface area contributed by atoms with Crippen LogP contribution in [0.5, 0.6) is 0 Å². The first kappa shape index (κ1) is 10.6. The maximum Gasteiger partial charge on any atom is 0.223 e. The first-order valence-corrected chi connectivity index (χ1v) is 5.11. The van der Waals surface area contributed by atoms with Crippen molar-refractivity contribution in [3.8, 4) is 0 Å². The first-order valence-electron chi connectivity index (χ1n) is 5.11. The van der Waals surface area contributed by atoms with Crippen molar-refractivity contribution >= 4 is 11.7 Å².